The number of benzene rings is 1. The van der Waals surface area contributed by atoms with Crippen molar-refractivity contribution in [3.05, 3.63) is 45.4 Å². The largest absolute Gasteiger partial charge is 0.508 e. The van der Waals surface area contributed by atoms with E-state index in [-0.39, 0.29) is 17.7 Å². The van der Waals surface area contributed by atoms with Gasteiger partial charge in [-0.15, -0.1) is 11.3 Å². The number of nitrogens with one attached hydrogen (secondary N) is 1. The number of hydrogen-bond donors (Lipinski definition) is 3. The predicted octanol–water partition coefficient (Wildman–Crippen LogP) is 2.27. The second kappa shape index (κ2) is 7.96. The molecular weight excluding hydrogens is 364 g/mol. The van der Waals surface area contributed by atoms with E-state index in [1.165, 1.54) is 0 Å². The molecule has 2 aromatic rings. The van der Waals surface area contributed by atoms with Crippen molar-refractivity contribution < 1.29 is 14.7 Å². The summed E-state index contributed by atoms with van der Waals surface area (Å²) in [5, 5.41) is 13.0. The lowest BCUT2D eigenvalue weighted by molar-refractivity contribution is -0.134. The fourth-order valence-electron chi connectivity index (χ4n) is 3.53. The van der Waals surface area contributed by atoms with Crippen molar-refractivity contribution in [2.75, 3.05) is 7.05 Å². The number of thiazole rings is 1. The fraction of sp³-hybridized carbons (Fsp3) is 0.421. The first kappa shape index (κ1) is 19.2. The zero-order chi connectivity index (χ0) is 19.6. The van der Waals surface area contributed by atoms with Crippen LogP contribution in [0.5, 0.6) is 5.75 Å². The maximum absolute atomic E-state index is 13.2. The van der Waals surface area contributed by atoms with Crippen molar-refractivity contribution in [2.45, 2.75) is 44.7 Å². The quantitative estimate of drug-likeness (QED) is 0.730. The number of hydrogen-bond acceptors (Lipinski definition) is 5. The van der Waals surface area contributed by atoms with Gasteiger partial charge >= 0.3 is 6.03 Å². The first-order chi connectivity index (χ1) is 12.8. The summed E-state index contributed by atoms with van der Waals surface area (Å²) in [4.78, 5) is 32.0. The number of urea groups is 1. The van der Waals surface area contributed by atoms with Gasteiger partial charge in [-0.05, 0) is 43.9 Å². The van der Waals surface area contributed by atoms with Crippen LogP contribution in [0.2, 0.25) is 0 Å². The summed E-state index contributed by atoms with van der Waals surface area (Å²) in [7, 11) is 1.77. The lowest BCUT2D eigenvalue weighted by Gasteiger charge is -2.33. The first-order valence-electron chi connectivity index (χ1n) is 8.92. The van der Waals surface area contributed by atoms with E-state index in [0.29, 0.717) is 6.42 Å². The van der Waals surface area contributed by atoms with E-state index in [9.17, 15) is 14.7 Å². The fourth-order valence-corrected chi connectivity index (χ4v) is 4.68. The normalized spacial score (nSPS) is 17.0. The van der Waals surface area contributed by atoms with Gasteiger partial charge in [0.25, 0.3) is 0 Å². The number of aromatic nitrogens is 1. The second-order valence-electron chi connectivity index (χ2n) is 6.83. The van der Waals surface area contributed by atoms with Crippen LogP contribution in [0.4, 0.5) is 4.79 Å². The van der Waals surface area contributed by atoms with E-state index in [1.807, 2.05) is 6.92 Å². The van der Waals surface area contributed by atoms with Crippen LogP contribution in [0.15, 0.2) is 24.3 Å². The zero-order valence-electron chi connectivity index (χ0n) is 15.4. The molecule has 1 aliphatic rings. The van der Waals surface area contributed by atoms with Gasteiger partial charge in [-0.2, -0.15) is 0 Å². The maximum atomic E-state index is 13.2. The van der Waals surface area contributed by atoms with Crippen molar-refractivity contribution in [3.63, 3.8) is 0 Å². The minimum atomic E-state index is -0.767. The van der Waals surface area contributed by atoms with Gasteiger partial charge in [0.1, 0.15) is 11.8 Å². The molecule has 0 bridgehead atoms. The van der Waals surface area contributed by atoms with Gasteiger partial charge in [0, 0.05) is 13.5 Å². The molecule has 0 radical (unpaired) electrons. The van der Waals surface area contributed by atoms with E-state index in [0.717, 1.165) is 40.4 Å². The number of primary amides is 1. The standard InChI is InChI=1S/C19H24N4O3S/c1-11-21-14-4-3-5-16(17(14)27-11)23(2)18(25)15(22-19(20)26)10-12-6-8-13(24)9-7-12/h6-9,15-16,24H,3-5,10H2,1-2H3,(H3,20,22,26)/t15-,16?/m0/s1. The molecule has 0 saturated heterocycles. The van der Waals surface area contributed by atoms with Crippen LogP contribution in [0.1, 0.15) is 40.0 Å². The molecule has 1 heterocycles. The number of aromatic hydroxyl groups is 1. The summed E-state index contributed by atoms with van der Waals surface area (Å²) < 4.78 is 0. The number of carbonyl (C=O) groups is 2. The van der Waals surface area contributed by atoms with Crippen molar-refractivity contribution in [2.24, 2.45) is 5.73 Å². The Morgan fingerprint density at radius 1 is 1.41 bits per heavy atom. The van der Waals surface area contributed by atoms with E-state index < -0.39 is 12.1 Å². The molecule has 0 fully saturated rings. The van der Waals surface area contributed by atoms with E-state index in [1.54, 1.807) is 47.5 Å². The number of carbonyl (C=O) groups excluding carboxylic acids is 2. The van der Waals surface area contributed by atoms with Crippen LogP contribution in [-0.4, -0.2) is 40.0 Å². The number of fused-ring (bicyclic) bond motifs is 1. The number of rotatable bonds is 5. The maximum Gasteiger partial charge on any atom is 0.312 e. The lowest BCUT2D eigenvalue weighted by Crippen LogP contribution is -2.51. The van der Waals surface area contributed by atoms with Crippen LogP contribution >= 0.6 is 11.3 Å². The summed E-state index contributed by atoms with van der Waals surface area (Å²) >= 11 is 1.63. The van der Waals surface area contributed by atoms with Crippen LogP contribution in [-0.2, 0) is 17.6 Å². The van der Waals surface area contributed by atoms with Crippen molar-refractivity contribution in [3.8, 4) is 5.75 Å². The van der Waals surface area contributed by atoms with E-state index in [4.69, 9.17) is 5.73 Å². The molecule has 27 heavy (non-hydrogen) atoms. The molecule has 8 heteroatoms. The molecule has 1 unspecified atom stereocenters. The summed E-state index contributed by atoms with van der Waals surface area (Å²) in [6.07, 6.45) is 3.09. The summed E-state index contributed by atoms with van der Waals surface area (Å²) in [6.45, 7) is 1.98. The Labute approximate surface area is 162 Å². The van der Waals surface area contributed by atoms with Gasteiger partial charge in [0.15, 0.2) is 0 Å². The number of nitrogens with two attached hydrogens (primary N) is 1. The highest BCUT2D eigenvalue weighted by molar-refractivity contribution is 7.11. The van der Waals surface area contributed by atoms with Gasteiger partial charge in [-0.1, -0.05) is 12.1 Å². The Morgan fingerprint density at radius 2 is 2.11 bits per heavy atom. The number of aryl methyl sites for hydroxylation is 2. The molecule has 4 N–H and O–H groups in total. The molecule has 0 spiro atoms. The highest BCUT2D eigenvalue weighted by Crippen LogP contribution is 2.37. The van der Waals surface area contributed by atoms with E-state index >= 15 is 0 Å². The number of likely N-dealkylation sites (N-methyl/N-ethyl adjacent to an activating group) is 1. The smallest absolute Gasteiger partial charge is 0.312 e. The zero-order valence-corrected chi connectivity index (χ0v) is 16.3. The Bertz CT molecular complexity index is 834. The third-order valence-corrected chi connectivity index (χ3v) is 5.95. The molecule has 3 amide bonds. The molecule has 1 aromatic heterocycles. The highest BCUT2D eigenvalue weighted by Gasteiger charge is 2.33. The van der Waals surface area contributed by atoms with Gasteiger partial charge in [-0.3, -0.25) is 4.79 Å². The topological polar surface area (TPSA) is 109 Å². The number of nitrogens with zero attached hydrogens (tertiary/aromatic N) is 2. The average Bonchev–Trinajstić information content (AvgIpc) is 3.01. The first-order valence-corrected chi connectivity index (χ1v) is 9.73. The van der Waals surface area contributed by atoms with Crippen LogP contribution in [0.3, 0.4) is 0 Å². The van der Waals surface area contributed by atoms with Gasteiger partial charge < -0.3 is 21.1 Å². The summed E-state index contributed by atoms with van der Waals surface area (Å²) in [6, 6.07) is 5.02. The summed E-state index contributed by atoms with van der Waals surface area (Å²) in [5.74, 6) is -0.0392. The lowest BCUT2D eigenvalue weighted by atomic mass is 9.96. The number of amides is 3. The monoisotopic (exact) mass is 388 g/mol. The molecule has 3 rings (SSSR count). The average molecular weight is 388 g/mol. The Morgan fingerprint density at radius 3 is 2.78 bits per heavy atom. The van der Waals surface area contributed by atoms with Gasteiger partial charge in [0.05, 0.1) is 21.6 Å². The third-order valence-electron chi connectivity index (χ3n) is 4.83. The summed E-state index contributed by atoms with van der Waals surface area (Å²) in [5.41, 5.74) is 7.20. The van der Waals surface area contributed by atoms with Crippen LogP contribution in [0.25, 0.3) is 0 Å². The minimum Gasteiger partial charge on any atom is -0.508 e. The van der Waals surface area contributed by atoms with Crippen molar-refractivity contribution in [1.29, 1.82) is 0 Å². The second-order valence-corrected chi connectivity index (χ2v) is 8.07. The van der Waals surface area contributed by atoms with Crippen molar-refractivity contribution in [1.82, 2.24) is 15.2 Å². The molecule has 1 aliphatic carbocycles. The predicted molar refractivity (Wildman–Crippen MR) is 104 cm³/mol. The Kier molecular flexibility index (Phi) is 5.65. The molecule has 2 atom stereocenters. The number of phenols is 1. The molecule has 0 saturated carbocycles. The Balaban J connectivity index is 1.80. The van der Waals surface area contributed by atoms with Crippen LogP contribution in [0, 0.1) is 6.92 Å². The molecule has 144 valence electrons. The van der Waals surface area contributed by atoms with Crippen molar-refractivity contribution >= 4 is 23.3 Å². The minimum absolute atomic E-state index is 0.0376. The third kappa shape index (κ3) is 4.39. The molecule has 1 aromatic carbocycles. The number of phenolic OH excluding ortho intramolecular Hbond substituents is 1. The molecular formula is C19H24N4O3S. The van der Waals surface area contributed by atoms with Gasteiger partial charge in [-0.25, -0.2) is 9.78 Å². The van der Waals surface area contributed by atoms with Crippen LogP contribution < -0.4 is 11.1 Å². The Hall–Kier alpha value is -2.61. The van der Waals surface area contributed by atoms with Gasteiger partial charge in [0.2, 0.25) is 5.91 Å². The SMILES string of the molecule is Cc1nc2c(s1)C(N(C)C(=O)[C@H](Cc1ccc(O)cc1)NC(N)=O)CCC2. The van der Waals surface area contributed by atoms with E-state index in [2.05, 4.69) is 10.3 Å². The molecule has 0 aliphatic heterocycles. The highest BCUT2D eigenvalue weighted by atomic mass is 32.1. The molecule has 7 nitrogen and oxygen atoms in total.